The number of nitrogens with zero attached hydrogens (tertiary/aromatic N) is 2. The minimum Gasteiger partial charge on any atom is -0.312 e. The van der Waals surface area contributed by atoms with Gasteiger partial charge in [0.2, 0.25) is 5.91 Å². The Hall–Kier alpha value is -2.27. The van der Waals surface area contributed by atoms with Crippen molar-refractivity contribution in [1.29, 1.82) is 0 Å². The van der Waals surface area contributed by atoms with E-state index >= 15 is 0 Å². The summed E-state index contributed by atoms with van der Waals surface area (Å²) in [5.41, 5.74) is 2.72. The van der Waals surface area contributed by atoms with E-state index in [2.05, 4.69) is 11.0 Å². The fraction of sp³-hybridized carbons (Fsp3) is 0.350. The van der Waals surface area contributed by atoms with Crippen LogP contribution < -0.4 is 4.90 Å². The quantitative estimate of drug-likeness (QED) is 0.854. The van der Waals surface area contributed by atoms with Crippen LogP contribution in [0.25, 0.3) is 0 Å². The highest BCUT2D eigenvalue weighted by molar-refractivity contribution is 5.97. The lowest BCUT2D eigenvalue weighted by molar-refractivity contribution is -0.121. The molecule has 0 spiro atoms. The topological polar surface area (TPSA) is 23.6 Å². The molecule has 2 aliphatic heterocycles. The molecule has 2 aliphatic rings. The van der Waals surface area contributed by atoms with Crippen molar-refractivity contribution in [1.82, 2.24) is 4.90 Å². The predicted molar refractivity (Wildman–Crippen MR) is 92.2 cm³/mol. The summed E-state index contributed by atoms with van der Waals surface area (Å²) in [7, 11) is 0. The van der Waals surface area contributed by atoms with Gasteiger partial charge in [-0.2, -0.15) is 0 Å². The Morgan fingerprint density at radius 3 is 2.80 bits per heavy atom. The summed E-state index contributed by atoms with van der Waals surface area (Å²) < 4.78 is 26.8. The van der Waals surface area contributed by atoms with Crippen molar-refractivity contribution in [2.75, 3.05) is 24.5 Å². The minimum atomic E-state index is -0.566. The van der Waals surface area contributed by atoms with E-state index in [1.165, 1.54) is 17.7 Å². The van der Waals surface area contributed by atoms with Gasteiger partial charge in [-0.05, 0) is 37.1 Å². The Morgan fingerprint density at radius 2 is 1.96 bits per heavy atom. The predicted octanol–water partition coefficient (Wildman–Crippen LogP) is 3.38. The molecular weight excluding hydrogens is 322 g/mol. The normalized spacial score (nSPS) is 20.1. The van der Waals surface area contributed by atoms with Crippen LogP contribution in [0.3, 0.4) is 0 Å². The van der Waals surface area contributed by atoms with E-state index in [-0.39, 0.29) is 11.8 Å². The SMILES string of the molecule is O=C(C1CCN(Cc2ccc(F)cc2F)C1)N1CCc2ccccc21. The minimum absolute atomic E-state index is 0.0605. The number of likely N-dealkylation sites (tertiary alicyclic amines) is 1. The summed E-state index contributed by atoms with van der Waals surface area (Å²) in [6, 6.07) is 11.7. The molecule has 25 heavy (non-hydrogen) atoms. The molecule has 5 heteroatoms. The van der Waals surface area contributed by atoms with Crippen LogP contribution in [0.4, 0.5) is 14.5 Å². The second-order valence-electron chi connectivity index (χ2n) is 6.83. The van der Waals surface area contributed by atoms with Gasteiger partial charge in [0.1, 0.15) is 11.6 Å². The third kappa shape index (κ3) is 3.16. The number of benzene rings is 2. The first kappa shape index (κ1) is 16.2. The lowest BCUT2D eigenvalue weighted by Crippen LogP contribution is -2.36. The van der Waals surface area contributed by atoms with Gasteiger partial charge in [0.05, 0.1) is 5.92 Å². The zero-order chi connectivity index (χ0) is 17.4. The molecule has 1 fully saturated rings. The van der Waals surface area contributed by atoms with Crippen molar-refractivity contribution in [3.63, 3.8) is 0 Å². The zero-order valence-corrected chi connectivity index (χ0v) is 13.9. The first-order chi connectivity index (χ1) is 12.1. The van der Waals surface area contributed by atoms with Crippen LogP contribution in [0.2, 0.25) is 0 Å². The maximum Gasteiger partial charge on any atom is 0.231 e. The van der Waals surface area contributed by atoms with E-state index < -0.39 is 11.6 Å². The van der Waals surface area contributed by atoms with Gasteiger partial charge in [-0.1, -0.05) is 24.3 Å². The molecule has 0 aromatic heterocycles. The fourth-order valence-electron chi connectivity index (χ4n) is 3.86. The Morgan fingerprint density at radius 1 is 1.12 bits per heavy atom. The first-order valence-electron chi connectivity index (χ1n) is 8.67. The number of rotatable bonds is 3. The number of hydrogen-bond donors (Lipinski definition) is 0. The van der Waals surface area contributed by atoms with E-state index in [1.54, 1.807) is 0 Å². The molecule has 0 N–H and O–H groups in total. The molecule has 130 valence electrons. The molecule has 0 bridgehead atoms. The Labute approximate surface area is 145 Å². The number of carbonyl (C=O) groups is 1. The van der Waals surface area contributed by atoms with Crippen LogP contribution in [0.15, 0.2) is 42.5 Å². The monoisotopic (exact) mass is 342 g/mol. The van der Waals surface area contributed by atoms with Crippen molar-refractivity contribution in [2.24, 2.45) is 5.92 Å². The average molecular weight is 342 g/mol. The molecule has 1 unspecified atom stereocenters. The van der Waals surface area contributed by atoms with Crippen molar-refractivity contribution < 1.29 is 13.6 Å². The number of halogens is 2. The molecular formula is C20H20F2N2O. The number of anilines is 1. The van der Waals surface area contributed by atoms with E-state index in [0.717, 1.165) is 37.7 Å². The second kappa shape index (κ2) is 6.56. The van der Waals surface area contributed by atoms with E-state index in [4.69, 9.17) is 0 Å². The summed E-state index contributed by atoms with van der Waals surface area (Å²) in [5, 5.41) is 0. The molecule has 2 aromatic rings. The number of amides is 1. The van der Waals surface area contributed by atoms with Crippen LogP contribution in [-0.2, 0) is 17.8 Å². The number of hydrogen-bond acceptors (Lipinski definition) is 2. The Bertz CT molecular complexity index is 808. The van der Waals surface area contributed by atoms with Gasteiger partial charge < -0.3 is 4.90 Å². The van der Waals surface area contributed by atoms with Crippen molar-refractivity contribution >= 4 is 11.6 Å². The molecule has 2 heterocycles. The van der Waals surface area contributed by atoms with Crippen LogP contribution in [0.1, 0.15) is 17.5 Å². The summed E-state index contributed by atoms with van der Waals surface area (Å²) in [5.74, 6) is -0.992. The highest BCUT2D eigenvalue weighted by atomic mass is 19.1. The number of carbonyl (C=O) groups excluding carboxylic acids is 1. The van der Waals surface area contributed by atoms with Gasteiger partial charge in [-0.15, -0.1) is 0 Å². The van der Waals surface area contributed by atoms with Crippen molar-refractivity contribution in [3.8, 4) is 0 Å². The van der Waals surface area contributed by atoms with Crippen LogP contribution in [0.5, 0.6) is 0 Å². The maximum absolute atomic E-state index is 13.8. The van der Waals surface area contributed by atoms with Gasteiger partial charge in [0, 0.05) is 37.0 Å². The molecule has 1 atom stereocenters. The molecule has 0 saturated carbocycles. The molecule has 3 nitrogen and oxygen atoms in total. The van der Waals surface area contributed by atoms with Crippen LogP contribution >= 0.6 is 0 Å². The molecule has 1 amide bonds. The van der Waals surface area contributed by atoms with Gasteiger partial charge in [-0.3, -0.25) is 9.69 Å². The van der Waals surface area contributed by atoms with Crippen LogP contribution in [-0.4, -0.2) is 30.4 Å². The number of fused-ring (bicyclic) bond motifs is 1. The third-order valence-corrected chi connectivity index (χ3v) is 5.18. The molecule has 0 aliphatic carbocycles. The van der Waals surface area contributed by atoms with Crippen LogP contribution in [0, 0.1) is 17.6 Å². The van der Waals surface area contributed by atoms with Gasteiger partial charge in [-0.25, -0.2) is 8.78 Å². The largest absolute Gasteiger partial charge is 0.312 e. The average Bonchev–Trinajstić information content (AvgIpc) is 3.24. The summed E-state index contributed by atoms with van der Waals surface area (Å²) in [6.07, 6.45) is 1.68. The lowest BCUT2D eigenvalue weighted by Gasteiger charge is -2.22. The third-order valence-electron chi connectivity index (χ3n) is 5.18. The lowest BCUT2D eigenvalue weighted by atomic mass is 10.1. The van der Waals surface area contributed by atoms with E-state index in [0.29, 0.717) is 18.7 Å². The fourth-order valence-corrected chi connectivity index (χ4v) is 3.86. The smallest absolute Gasteiger partial charge is 0.231 e. The van der Waals surface area contributed by atoms with Crippen molar-refractivity contribution in [2.45, 2.75) is 19.4 Å². The highest BCUT2D eigenvalue weighted by Crippen LogP contribution is 2.31. The first-order valence-corrected chi connectivity index (χ1v) is 8.67. The zero-order valence-electron chi connectivity index (χ0n) is 13.9. The molecule has 4 rings (SSSR count). The highest BCUT2D eigenvalue weighted by Gasteiger charge is 2.34. The second-order valence-corrected chi connectivity index (χ2v) is 6.83. The van der Waals surface area contributed by atoms with E-state index in [1.807, 2.05) is 23.1 Å². The molecule has 1 saturated heterocycles. The Balaban J connectivity index is 1.42. The molecule has 0 radical (unpaired) electrons. The van der Waals surface area contributed by atoms with Crippen molar-refractivity contribution in [3.05, 3.63) is 65.2 Å². The summed E-state index contributed by atoms with van der Waals surface area (Å²) >= 11 is 0. The van der Waals surface area contributed by atoms with Gasteiger partial charge >= 0.3 is 0 Å². The standard InChI is InChI=1S/C20H20F2N2O/c21-17-6-5-15(18(22)11-17)12-23-9-7-16(13-23)20(25)24-10-8-14-3-1-2-4-19(14)24/h1-6,11,16H,7-10,12-13H2. The Kier molecular flexibility index (Phi) is 4.25. The van der Waals surface area contributed by atoms with Gasteiger partial charge in [0.15, 0.2) is 0 Å². The van der Waals surface area contributed by atoms with E-state index in [9.17, 15) is 13.6 Å². The number of para-hydroxylation sites is 1. The summed E-state index contributed by atoms with van der Waals surface area (Å²) in [6.45, 7) is 2.52. The molecule has 2 aromatic carbocycles. The maximum atomic E-state index is 13.8. The summed E-state index contributed by atoms with van der Waals surface area (Å²) in [4.78, 5) is 16.9. The van der Waals surface area contributed by atoms with Gasteiger partial charge in [0.25, 0.3) is 0 Å².